The quantitative estimate of drug-likeness (QED) is 0.415. The molecule has 1 N–H and O–H groups in total. The maximum absolute atomic E-state index is 13.6. The molecule has 3 aromatic carbocycles. The maximum Gasteiger partial charge on any atom is 0.338 e. The number of carbonyl (C=O) groups excluding carboxylic acids is 2. The SMILES string of the molecule is CCOC(=O)c1ccc(C)c(NC(=O)CN(c2cc(Cl)ccc2OC)S(=O)(=O)c2ccccc2)c1. The molecule has 0 heterocycles. The van der Waals surface area contributed by atoms with Crippen LogP contribution in [-0.4, -0.2) is 40.6 Å². The van der Waals surface area contributed by atoms with Crippen LogP contribution in [0.3, 0.4) is 0 Å². The second-order valence-corrected chi connectivity index (χ2v) is 9.74. The van der Waals surface area contributed by atoms with Gasteiger partial charge in [-0.2, -0.15) is 0 Å². The summed E-state index contributed by atoms with van der Waals surface area (Å²) in [6.07, 6.45) is 0. The molecule has 0 radical (unpaired) electrons. The van der Waals surface area contributed by atoms with E-state index < -0.39 is 28.4 Å². The summed E-state index contributed by atoms with van der Waals surface area (Å²) in [6, 6.07) is 17.0. The van der Waals surface area contributed by atoms with Crippen LogP contribution in [0.1, 0.15) is 22.8 Å². The third-order valence-electron chi connectivity index (χ3n) is 5.05. The fourth-order valence-electron chi connectivity index (χ4n) is 3.30. The number of carbonyl (C=O) groups is 2. The molecule has 35 heavy (non-hydrogen) atoms. The molecule has 0 aliphatic heterocycles. The Morgan fingerprint density at radius 3 is 2.40 bits per heavy atom. The van der Waals surface area contributed by atoms with Gasteiger partial charge >= 0.3 is 5.97 Å². The molecule has 0 atom stereocenters. The van der Waals surface area contributed by atoms with Crippen molar-refractivity contribution >= 4 is 44.9 Å². The largest absolute Gasteiger partial charge is 0.495 e. The first-order valence-corrected chi connectivity index (χ1v) is 12.5. The van der Waals surface area contributed by atoms with Crippen LogP contribution in [0, 0.1) is 6.92 Å². The molecule has 3 rings (SSSR count). The van der Waals surface area contributed by atoms with Gasteiger partial charge in [-0.15, -0.1) is 0 Å². The molecule has 0 aromatic heterocycles. The zero-order valence-corrected chi connectivity index (χ0v) is 21.0. The van der Waals surface area contributed by atoms with Crippen molar-refractivity contribution in [1.29, 1.82) is 0 Å². The third kappa shape index (κ3) is 6.12. The first-order valence-electron chi connectivity index (χ1n) is 10.7. The van der Waals surface area contributed by atoms with Crippen molar-refractivity contribution in [3.05, 3.63) is 82.9 Å². The van der Waals surface area contributed by atoms with E-state index in [1.807, 2.05) is 0 Å². The fraction of sp³-hybridized carbons (Fsp3) is 0.200. The molecular formula is C25H25ClN2O6S. The van der Waals surface area contributed by atoms with Crippen molar-refractivity contribution < 1.29 is 27.5 Å². The first-order chi connectivity index (χ1) is 16.7. The van der Waals surface area contributed by atoms with Crippen molar-refractivity contribution in [2.45, 2.75) is 18.7 Å². The molecule has 0 saturated heterocycles. The van der Waals surface area contributed by atoms with Gasteiger partial charge in [-0.05, 0) is 61.9 Å². The number of aryl methyl sites for hydroxylation is 1. The normalized spacial score (nSPS) is 11.0. The maximum atomic E-state index is 13.6. The Kier molecular flexibility index (Phi) is 8.37. The van der Waals surface area contributed by atoms with Gasteiger partial charge in [-0.3, -0.25) is 9.10 Å². The van der Waals surface area contributed by atoms with Gasteiger partial charge in [0.05, 0.1) is 29.9 Å². The van der Waals surface area contributed by atoms with Crippen LogP contribution in [0.4, 0.5) is 11.4 Å². The Bertz CT molecular complexity index is 1330. The number of nitrogens with one attached hydrogen (secondary N) is 1. The highest BCUT2D eigenvalue weighted by molar-refractivity contribution is 7.92. The summed E-state index contributed by atoms with van der Waals surface area (Å²) in [5, 5.41) is 2.97. The van der Waals surface area contributed by atoms with Crippen molar-refractivity contribution in [3.63, 3.8) is 0 Å². The van der Waals surface area contributed by atoms with Gasteiger partial charge in [0, 0.05) is 10.7 Å². The minimum absolute atomic E-state index is 0.00434. The van der Waals surface area contributed by atoms with E-state index in [9.17, 15) is 18.0 Å². The van der Waals surface area contributed by atoms with Crippen molar-refractivity contribution in [3.8, 4) is 5.75 Å². The highest BCUT2D eigenvalue weighted by Crippen LogP contribution is 2.35. The van der Waals surface area contributed by atoms with Gasteiger partial charge in [0.15, 0.2) is 0 Å². The van der Waals surface area contributed by atoms with E-state index in [4.69, 9.17) is 21.1 Å². The lowest BCUT2D eigenvalue weighted by Gasteiger charge is -2.26. The highest BCUT2D eigenvalue weighted by Gasteiger charge is 2.30. The topological polar surface area (TPSA) is 102 Å². The number of rotatable bonds is 9. The number of benzene rings is 3. The monoisotopic (exact) mass is 516 g/mol. The molecule has 0 aliphatic rings. The Hall–Kier alpha value is -3.56. The number of hydrogen-bond acceptors (Lipinski definition) is 6. The molecule has 0 unspecified atom stereocenters. The molecule has 0 bridgehead atoms. The molecule has 0 fully saturated rings. The number of esters is 1. The van der Waals surface area contributed by atoms with Crippen molar-refractivity contribution in [2.24, 2.45) is 0 Å². The van der Waals surface area contributed by atoms with Gasteiger partial charge < -0.3 is 14.8 Å². The van der Waals surface area contributed by atoms with E-state index in [-0.39, 0.29) is 33.5 Å². The van der Waals surface area contributed by atoms with Crippen LogP contribution in [0.2, 0.25) is 5.02 Å². The fourth-order valence-corrected chi connectivity index (χ4v) is 4.91. The molecular weight excluding hydrogens is 492 g/mol. The Morgan fingerprint density at radius 2 is 1.74 bits per heavy atom. The second-order valence-electron chi connectivity index (χ2n) is 7.44. The molecule has 1 amide bonds. The predicted octanol–water partition coefficient (Wildman–Crippen LogP) is 4.67. The second kappa shape index (κ2) is 11.2. The summed E-state index contributed by atoms with van der Waals surface area (Å²) >= 11 is 6.15. The van der Waals surface area contributed by atoms with Crippen LogP contribution in [0.15, 0.2) is 71.6 Å². The number of nitrogens with zero attached hydrogens (tertiary/aromatic N) is 1. The smallest absolute Gasteiger partial charge is 0.338 e. The van der Waals surface area contributed by atoms with Gasteiger partial charge in [0.1, 0.15) is 12.3 Å². The van der Waals surface area contributed by atoms with E-state index in [0.29, 0.717) is 11.3 Å². The van der Waals surface area contributed by atoms with Crippen LogP contribution < -0.4 is 14.4 Å². The number of ether oxygens (including phenoxy) is 2. The van der Waals surface area contributed by atoms with Crippen LogP contribution in [0.5, 0.6) is 5.75 Å². The zero-order valence-electron chi connectivity index (χ0n) is 19.4. The zero-order chi connectivity index (χ0) is 25.6. The van der Waals surface area contributed by atoms with E-state index in [1.165, 1.54) is 37.4 Å². The first kappa shape index (κ1) is 26.1. The highest BCUT2D eigenvalue weighted by atomic mass is 35.5. The minimum Gasteiger partial charge on any atom is -0.495 e. The molecule has 0 saturated carbocycles. The van der Waals surface area contributed by atoms with Crippen molar-refractivity contribution in [1.82, 2.24) is 0 Å². The van der Waals surface area contributed by atoms with Gasteiger partial charge in [-0.1, -0.05) is 35.9 Å². The third-order valence-corrected chi connectivity index (χ3v) is 7.06. The molecule has 0 spiro atoms. The number of halogens is 1. The average molecular weight is 517 g/mol. The molecule has 8 nitrogen and oxygen atoms in total. The Morgan fingerprint density at radius 1 is 1.03 bits per heavy atom. The summed E-state index contributed by atoms with van der Waals surface area (Å²) in [6.45, 7) is 3.09. The Labute approximate surface area is 209 Å². The molecule has 10 heteroatoms. The summed E-state index contributed by atoms with van der Waals surface area (Å²) in [5.41, 5.74) is 1.41. The number of sulfonamides is 1. The van der Waals surface area contributed by atoms with Crippen LogP contribution in [-0.2, 0) is 19.6 Å². The number of methoxy groups -OCH3 is 1. The van der Waals surface area contributed by atoms with E-state index in [0.717, 1.165) is 4.31 Å². The summed E-state index contributed by atoms with van der Waals surface area (Å²) < 4.78 is 38.4. The van der Waals surface area contributed by atoms with Gasteiger partial charge in [0.25, 0.3) is 10.0 Å². The van der Waals surface area contributed by atoms with Gasteiger partial charge in [0.2, 0.25) is 5.91 Å². The summed E-state index contributed by atoms with van der Waals surface area (Å²) in [4.78, 5) is 25.2. The summed E-state index contributed by atoms with van der Waals surface area (Å²) in [7, 11) is -2.78. The molecule has 3 aromatic rings. The minimum atomic E-state index is -4.17. The average Bonchev–Trinajstić information content (AvgIpc) is 2.84. The number of anilines is 2. The summed E-state index contributed by atoms with van der Waals surface area (Å²) in [5.74, 6) is -0.933. The lowest BCUT2D eigenvalue weighted by molar-refractivity contribution is -0.114. The van der Waals surface area contributed by atoms with Gasteiger partial charge in [-0.25, -0.2) is 13.2 Å². The standard InChI is InChI=1S/C25H25ClN2O6S/c1-4-34-25(30)18-11-10-17(2)21(14-18)27-24(29)16-28(22-15-19(26)12-13-23(22)33-3)35(31,32)20-8-6-5-7-9-20/h5-15H,4,16H2,1-3H3,(H,27,29). The lowest BCUT2D eigenvalue weighted by Crippen LogP contribution is -2.38. The molecule has 184 valence electrons. The van der Waals surface area contributed by atoms with E-state index in [2.05, 4.69) is 5.32 Å². The molecule has 0 aliphatic carbocycles. The lowest BCUT2D eigenvalue weighted by atomic mass is 10.1. The van der Waals surface area contributed by atoms with E-state index >= 15 is 0 Å². The van der Waals surface area contributed by atoms with E-state index in [1.54, 1.807) is 50.2 Å². The number of amides is 1. The van der Waals surface area contributed by atoms with Crippen LogP contribution in [0.25, 0.3) is 0 Å². The Balaban J connectivity index is 1.99. The number of hydrogen-bond donors (Lipinski definition) is 1. The van der Waals surface area contributed by atoms with Crippen molar-refractivity contribution in [2.75, 3.05) is 29.9 Å². The predicted molar refractivity (Wildman–Crippen MR) is 135 cm³/mol. The van der Waals surface area contributed by atoms with Crippen LogP contribution >= 0.6 is 11.6 Å².